The van der Waals surface area contributed by atoms with Gasteiger partial charge < -0.3 is 9.26 Å². The molecule has 2 aromatic rings. The van der Waals surface area contributed by atoms with Gasteiger partial charge in [-0.3, -0.25) is 10.1 Å². The maximum atomic E-state index is 13.2. The Balaban J connectivity index is 1.47. The van der Waals surface area contributed by atoms with Crippen LogP contribution >= 0.6 is 0 Å². The Kier molecular flexibility index (Phi) is 7.14. The number of sulfone groups is 1. The molecule has 0 aliphatic heterocycles. The lowest BCUT2D eigenvalue weighted by Crippen LogP contribution is -2.44. The van der Waals surface area contributed by atoms with E-state index in [9.17, 15) is 17.6 Å². The van der Waals surface area contributed by atoms with Crippen LogP contribution < -0.4 is 5.32 Å². The summed E-state index contributed by atoms with van der Waals surface area (Å²) in [5, 5.41) is 6.81. The van der Waals surface area contributed by atoms with Gasteiger partial charge in [0.25, 0.3) is 0 Å². The Hall–Kier alpha value is -2.26. The molecule has 2 aliphatic carbocycles. The third kappa shape index (κ3) is 4.91. The van der Waals surface area contributed by atoms with Gasteiger partial charge in [0, 0.05) is 11.5 Å². The number of carbonyl (C=O) groups is 1. The van der Waals surface area contributed by atoms with Gasteiger partial charge in [-0.1, -0.05) is 37.3 Å². The van der Waals surface area contributed by atoms with Crippen LogP contribution in [0.3, 0.4) is 0 Å². The molecule has 34 heavy (non-hydrogen) atoms. The minimum atomic E-state index is -4.08. The highest BCUT2D eigenvalue weighted by molar-refractivity contribution is 7.93. The molecule has 0 spiro atoms. The fourth-order valence-electron chi connectivity index (χ4n) is 4.91. The number of rotatable bonds is 8. The van der Waals surface area contributed by atoms with E-state index in [1.54, 1.807) is 6.07 Å². The Morgan fingerprint density at radius 1 is 1.15 bits per heavy atom. The van der Waals surface area contributed by atoms with Gasteiger partial charge in [-0.15, -0.1) is 0 Å². The fourth-order valence-corrected chi connectivity index (χ4v) is 6.29. The number of nitrogens with one attached hydrogen (secondary N) is 1. The molecule has 1 aromatic carbocycles. The second-order valence-electron chi connectivity index (χ2n) is 10.1. The largest absolute Gasteiger partial charge is 0.377 e. The smallest absolute Gasteiger partial charge is 0.248 e. The summed E-state index contributed by atoms with van der Waals surface area (Å²) in [4.78, 5) is 12.9. The number of aromatic nitrogens is 1. The second-order valence-corrected chi connectivity index (χ2v) is 12.6. The summed E-state index contributed by atoms with van der Waals surface area (Å²) in [6.45, 7) is 3.20. The first-order valence-electron chi connectivity index (χ1n) is 12.0. The van der Waals surface area contributed by atoms with Crippen molar-refractivity contribution in [1.82, 2.24) is 5.16 Å². The van der Waals surface area contributed by atoms with Crippen LogP contribution in [0.1, 0.15) is 77.3 Å². The first kappa shape index (κ1) is 24.9. The molecule has 1 amide bonds. The summed E-state index contributed by atoms with van der Waals surface area (Å²) in [6.07, 6.45) is 10.2. The van der Waals surface area contributed by atoms with Gasteiger partial charge in [0.2, 0.25) is 11.8 Å². The number of anilines is 1. The normalized spacial score (nSPS) is 19.3. The van der Waals surface area contributed by atoms with Gasteiger partial charge in [-0.25, -0.2) is 12.8 Å². The maximum absolute atomic E-state index is 13.2. The van der Waals surface area contributed by atoms with Crippen molar-refractivity contribution in [3.63, 3.8) is 0 Å². The third-order valence-electron chi connectivity index (χ3n) is 7.34. The van der Waals surface area contributed by atoms with Crippen LogP contribution in [0.15, 0.2) is 39.8 Å². The summed E-state index contributed by atoms with van der Waals surface area (Å²) >= 11 is 0. The molecule has 0 unspecified atom stereocenters. The average Bonchev–Trinajstić information content (AvgIpc) is 3.49. The van der Waals surface area contributed by atoms with E-state index < -0.39 is 26.3 Å². The van der Waals surface area contributed by atoms with E-state index in [4.69, 9.17) is 9.26 Å². The van der Waals surface area contributed by atoms with Crippen LogP contribution in [-0.4, -0.2) is 36.9 Å². The summed E-state index contributed by atoms with van der Waals surface area (Å²) in [7, 11) is -4.08. The van der Waals surface area contributed by atoms with E-state index in [0.717, 1.165) is 68.5 Å². The van der Waals surface area contributed by atoms with Crippen molar-refractivity contribution in [2.24, 2.45) is 0 Å². The van der Waals surface area contributed by atoms with Crippen molar-refractivity contribution >= 4 is 21.6 Å². The predicted octanol–water partition coefficient (Wildman–Crippen LogP) is 5.17. The molecule has 2 aliphatic rings. The van der Waals surface area contributed by atoms with E-state index in [1.807, 2.05) is 0 Å². The lowest BCUT2D eigenvalue weighted by molar-refractivity contribution is -0.118. The Morgan fingerprint density at radius 3 is 2.44 bits per heavy atom. The number of ether oxygens (including phenoxy) is 1. The molecular weight excluding hydrogens is 459 g/mol. The number of halogens is 1. The topological polar surface area (TPSA) is 98.5 Å². The van der Waals surface area contributed by atoms with E-state index >= 15 is 0 Å². The molecule has 1 heterocycles. The number of benzene rings is 1. The minimum absolute atomic E-state index is 0.103. The van der Waals surface area contributed by atoms with Crippen LogP contribution in [0, 0.1) is 5.82 Å². The summed E-state index contributed by atoms with van der Waals surface area (Å²) < 4.78 is 49.2. The second kappa shape index (κ2) is 9.77. The SMILES string of the molecule is CC(C)(C(=O)Nc1cc(C2(COC3CCCCC3)CCCC2)no1)S(=O)(=O)c1ccc(F)cc1. The van der Waals surface area contributed by atoms with Crippen molar-refractivity contribution in [2.45, 2.75) is 92.8 Å². The van der Waals surface area contributed by atoms with Crippen molar-refractivity contribution < 1.29 is 26.9 Å². The maximum Gasteiger partial charge on any atom is 0.248 e. The highest BCUT2D eigenvalue weighted by atomic mass is 32.2. The van der Waals surface area contributed by atoms with Crippen molar-refractivity contribution in [2.75, 3.05) is 11.9 Å². The van der Waals surface area contributed by atoms with Gasteiger partial charge in [0.15, 0.2) is 9.84 Å². The molecule has 1 N–H and O–H groups in total. The van der Waals surface area contributed by atoms with E-state index in [2.05, 4.69) is 10.5 Å². The van der Waals surface area contributed by atoms with Crippen LogP contribution in [0.2, 0.25) is 0 Å². The summed E-state index contributed by atoms with van der Waals surface area (Å²) in [5.41, 5.74) is 0.481. The van der Waals surface area contributed by atoms with Gasteiger partial charge >= 0.3 is 0 Å². The average molecular weight is 493 g/mol. The first-order chi connectivity index (χ1) is 16.1. The number of amides is 1. The molecule has 2 fully saturated rings. The van der Waals surface area contributed by atoms with Crippen molar-refractivity contribution in [1.29, 1.82) is 0 Å². The number of carbonyl (C=O) groups excluding carboxylic acids is 1. The van der Waals surface area contributed by atoms with Crippen LogP contribution in [0.4, 0.5) is 10.3 Å². The zero-order valence-electron chi connectivity index (χ0n) is 19.8. The predicted molar refractivity (Wildman–Crippen MR) is 126 cm³/mol. The van der Waals surface area contributed by atoms with Crippen LogP contribution in [0.25, 0.3) is 0 Å². The third-order valence-corrected chi connectivity index (χ3v) is 9.76. The Bertz CT molecular complexity index is 1100. The van der Waals surface area contributed by atoms with E-state index in [-0.39, 0.29) is 22.3 Å². The monoisotopic (exact) mass is 492 g/mol. The van der Waals surface area contributed by atoms with E-state index in [0.29, 0.717) is 6.61 Å². The summed E-state index contributed by atoms with van der Waals surface area (Å²) in [6, 6.07) is 6.11. The molecule has 186 valence electrons. The Labute approximate surface area is 200 Å². The molecular formula is C25H33FN2O5S. The highest BCUT2D eigenvalue weighted by Gasteiger charge is 2.44. The highest BCUT2D eigenvalue weighted by Crippen LogP contribution is 2.42. The zero-order valence-corrected chi connectivity index (χ0v) is 20.6. The van der Waals surface area contributed by atoms with E-state index in [1.165, 1.54) is 33.1 Å². The molecule has 7 nitrogen and oxygen atoms in total. The lowest BCUT2D eigenvalue weighted by Gasteiger charge is -2.30. The molecule has 0 bridgehead atoms. The Morgan fingerprint density at radius 2 is 1.79 bits per heavy atom. The van der Waals surface area contributed by atoms with Crippen LogP contribution in [0.5, 0.6) is 0 Å². The molecule has 2 saturated carbocycles. The number of nitrogens with zero attached hydrogens (tertiary/aromatic N) is 1. The number of hydrogen-bond donors (Lipinski definition) is 1. The molecule has 4 rings (SSSR count). The fraction of sp³-hybridized carbons (Fsp3) is 0.600. The first-order valence-corrected chi connectivity index (χ1v) is 13.5. The van der Waals surface area contributed by atoms with Crippen LogP contribution in [-0.2, 0) is 24.8 Å². The van der Waals surface area contributed by atoms with Gasteiger partial charge in [0.05, 0.1) is 23.3 Å². The van der Waals surface area contributed by atoms with Gasteiger partial charge in [0.1, 0.15) is 10.6 Å². The standard InChI is InChI=1S/C25H33FN2O5S/c1-24(2,34(30,31)20-12-10-18(26)11-13-20)23(29)27-22-16-21(28-33-22)25(14-6-7-15-25)17-32-19-8-4-3-5-9-19/h10-13,16,19H,3-9,14-15,17H2,1-2H3,(H,27,29). The van der Waals surface area contributed by atoms with Crippen molar-refractivity contribution in [3.05, 3.63) is 41.8 Å². The van der Waals surface area contributed by atoms with Crippen molar-refractivity contribution in [3.8, 4) is 0 Å². The van der Waals surface area contributed by atoms with Gasteiger partial charge in [-0.05, 0) is 63.8 Å². The zero-order chi connectivity index (χ0) is 24.4. The van der Waals surface area contributed by atoms with Gasteiger partial charge in [-0.2, -0.15) is 0 Å². The molecule has 1 aromatic heterocycles. The lowest BCUT2D eigenvalue weighted by atomic mass is 9.83. The molecule has 0 saturated heterocycles. The summed E-state index contributed by atoms with van der Waals surface area (Å²) in [5.74, 6) is -1.20. The number of hydrogen-bond acceptors (Lipinski definition) is 6. The minimum Gasteiger partial charge on any atom is -0.377 e. The molecule has 0 atom stereocenters. The molecule has 0 radical (unpaired) electrons. The molecule has 9 heteroatoms. The quantitative estimate of drug-likeness (QED) is 0.511.